The summed E-state index contributed by atoms with van der Waals surface area (Å²) in [6.45, 7) is 8.78. The van der Waals surface area contributed by atoms with Crippen molar-refractivity contribution in [2.24, 2.45) is 17.3 Å². The predicted octanol–water partition coefficient (Wildman–Crippen LogP) is 0.727. The van der Waals surface area contributed by atoms with Crippen LogP contribution in [0.3, 0.4) is 0 Å². The molecule has 0 aliphatic carbocycles. The first-order valence-corrected chi connectivity index (χ1v) is 6.53. The Labute approximate surface area is 104 Å². The van der Waals surface area contributed by atoms with E-state index in [4.69, 9.17) is 4.74 Å². The Bertz CT molecular complexity index is 285. The summed E-state index contributed by atoms with van der Waals surface area (Å²) in [5.41, 5.74) is 0.178. The maximum atomic E-state index is 12.3. The number of hydrogen-bond donors (Lipinski definition) is 1. The normalized spacial score (nSPS) is 32.1. The predicted molar refractivity (Wildman–Crippen MR) is 66.7 cm³/mol. The third-order valence-electron chi connectivity index (χ3n) is 4.23. The summed E-state index contributed by atoms with van der Waals surface area (Å²) < 4.78 is 5.26. The van der Waals surface area contributed by atoms with Crippen molar-refractivity contribution in [2.75, 3.05) is 39.9 Å². The average Bonchev–Trinajstić information content (AvgIpc) is 2.87. The van der Waals surface area contributed by atoms with Gasteiger partial charge < -0.3 is 15.0 Å². The molecular formula is C13H24N2O2. The fourth-order valence-corrected chi connectivity index (χ4v) is 2.97. The number of carbonyl (C=O) groups is 1. The Morgan fingerprint density at radius 1 is 1.53 bits per heavy atom. The summed E-state index contributed by atoms with van der Waals surface area (Å²) in [4.78, 5) is 14.4. The van der Waals surface area contributed by atoms with Crippen molar-refractivity contribution in [3.63, 3.8) is 0 Å². The first-order valence-electron chi connectivity index (χ1n) is 6.53. The van der Waals surface area contributed by atoms with E-state index in [-0.39, 0.29) is 11.3 Å². The van der Waals surface area contributed by atoms with Crippen LogP contribution in [-0.4, -0.2) is 50.7 Å². The van der Waals surface area contributed by atoms with Crippen LogP contribution in [0.1, 0.15) is 20.3 Å². The van der Waals surface area contributed by atoms with Gasteiger partial charge in [0, 0.05) is 32.7 Å². The van der Waals surface area contributed by atoms with Crippen LogP contribution < -0.4 is 5.32 Å². The molecule has 1 N–H and O–H groups in total. The topological polar surface area (TPSA) is 41.6 Å². The number of nitrogens with one attached hydrogen (secondary N) is 1. The summed E-state index contributed by atoms with van der Waals surface area (Å²) >= 11 is 0. The van der Waals surface area contributed by atoms with E-state index >= 15 is 0 Å². The van der Waals surface area contributed by atoms with Gasteiger partial charge >= 0.3 is 0 Å². The molecule has 0 aromatic carbocycles. The third-order valence-corrected chi connectivity index (χ3v) is 4.23. The number of hydrogen-bond acceptors (Lipinski definition) is 3. The van der Waals surface area contributed by atoms with E-state index in [1.807, 2.05) is 4.90 Å². The van der Waals surface area contributed by atoms with Gasteiger partial charge in [-0.1, -0.05) is 13.8 Å². The highest BCUT2D eigenvalue weighted by molar-refractivity contribution is 5.79. The Balaban J connectivity index is 1.97. The fourth-order valence-electron chi connectivity index (χ4n) is 2.97. The second-order valence-electron chi connectivity index (χ2n) is 6.05. The summed E-state index contributed by atoms with van der Waals surface area (Å²) in [6, 6.07) is 0. The highest BCUT2D eigenvalue weighted by atomic mass is 16.5. The zero-order valence-electron chi connectivity index (χ0n) is 11.2. The van der Waals surface area contributed by atoms with Gasteiger partial charge in [0.25, 0.3) is 0 Å². The lowest BCUT2D eigenvalue weighted by atomic mass is 9.83. The summed E-state index contributed by atoms with van der Waals surface area (Å²) in [5.74, 6) is 1.000. The molecule has 17 heavy (non-hydrogen) atoms. The molecule has 0 bridgehead atoms. The lowest BCUT2D eigenvalue weighted by Crippen LogP contribution is -2.36. The Hall–Kier alpha value is -0.610. The second kappa shape index (κ2) is 4.94. The van der Waals surface area contributed by atoms with E-state index in [1.54, 1.807) is 7.11 Å². The molecule has 0 unspecified atom stereocenters. The van der Waals surface area contributed by atoms with Gasteiger partial charge in [0.1, 0.15) is 0 Å². The van der Waals surface area contributed by atoms with Crippen molar-refractivity contribution in [1.82, 2.24) is 10.2 Å². The molecule has 0 aromatic heterocycles. The lowest BCUT2D eigenvalue weighted by Gasteiger charge is -2.24. The van der Waals surface area contributed by atoms with Gasteiger partial charge in [0.05, 0.1) is 12.5 Å². The minimum atomic E-state index is 0.178. The number of rotatable bonds is 3. The summed E-state index contributed by atoms with van der Waals surface area (Å²) in [7, 11) is 1.74. The van der Waals surface area contributed by atoms with E-state index in [9.17, 15) is 4.79 Å². The van der Waals surface area contributed by atoms with E-state index in [2.05, 4.69) is 19.2 Å². The van der Waals surface area contributed by atoms with Gasteiger partial charge in [-0.25, -0.2) is 0 Å². The molecule has 0 spiro atoms. The molecule has 2 saturated heterocycles. The molecule has 0 saturated carbocycles. The number of likely N-dealkylation sites (tertiary alicyclic amines) is 1. The van der Waals surface area contributed by atoms with Gasteiger partial charge in [-0.05, 0) is 18.4 Å². The minimum absolute atomic E-state index is 0.178. The number of methoxy groups -OCH3 is 1. The number of nitrogens with zero attached hydrogens (tertiary/aromatic N) is 1. The fraction of sp³-hybridized carbons (Fsp3) is 0.923. The Morgan fingerprint density at radius 2 is 2.29 bits per heavy atom. The van der Waals surface area contributed by atoms with Gasteiger partial charge in [-0.2, -0.15) is 0 Å². The molecule has 4 heteroatoms. The van der Waals surface area contributed by atoms with E-state index in [1.165, 1.54) is 0 Å². The van der Waals surface area contributed by atoms with Crippen LogP contribution in [0, 0.1) is 17.3 Å². The Morgan fingerprint density at radius 3 is 2.88 bits per heavy atom. The third kappa shape index (κ3) is 2.63. The lowest BCUT2D eigenvalue weighted by molar-refractivity contribution is -0.134. The molecule has 2 atom stereocenters. The van der Waals surface area contributed by atoms with Gasteiger partial charge in [-0.3, -0.25) is 4.79 Å². The molecule has 1 amide bonds. The van der Waals surface area contributed by atoms with Crippen molar-refractivity contribution in [2.45, 2.75) is 20.3 Å². The monoisotopic (exact) mass is 240 g/mol. The van der Waals surface area contributed by atoms with Crippen LogP contribution in [0.15, 0.2) is 0 Å². The first-order chi connectivity index (χ1) is 8.04. The number of amides is 1. The van der Waals surface area contributed by atoms with E-state index in [0.29, 0.717) is 11.8 Å². The summed E-state index contributed by atoms with van der Waals surface area (Å²) in [5, 5.41) is 3.26. The molecule has 0 aromatic rings. The smallest absolute Gasteiger partial charge is 0.227 e. The molecular weight excluding hydrogens is 216 g/mol. The molecule has 2 heterocycles. The van der Waals surface area contributed by atoms with Crippen molar-refractivity contribution in [1.29, 1.82) is 0 Å². The molecule has 98 valence electrons. The average molecular weight is 240 g/mol. The van der Waals surface area contributed by atoms with Gasteiger partial charge in [0.15, 0.2) is 0 Å². The quantitative estimate of drug-likeness (QED) is 0.790. The molecule has 4 nitrogen and oxygen atoms in total. The second-order valence-corrected chi connectivity index (χ2v) is 6.05. The highest BCUT2D eigenvalue weighted by Gasteiger charge is 2.42. The number of ether oxygens (including phenoxy) is 1. The highest BCUT2D eigenvalue weighted by Crippen LogP contribution is 2.36. The van der Waals surface area contributed by atoms with E-state index < -0.39 is 0 Å². The zero-order chi connectivity index (χ0) is 12.5. The standard InChI is InChI=1S/C13H24N2O2/c1-13(2)9-15(7-11(13)8-17-3)12(16)10-4-5-14-6-10/h10-11,14H,4-9H2,1-3H3/t10-,11+/m1/s1. The van der Waals surface area contributed by atoms with Crippen molar-refractivity contribution in [3.05, 3.63) is 0 Å². The SMILES string of the molecule is COC[C@@H]1CN(C(=O)[C@@H]2CCNC2)CC1(C)C. The van der Waals surface area contributed by atoms with Crippen molar-refractivity contribution < 1.29 is 9.53 Å². The van der Waals surface area contributed by atoms with Crippen LogP contribution in [-0.2, 0) is 9.53 Å². The first kappa shape index (κ1) is 12.8. The van der Waals surface area contributed by atoms with Crippen LogP contribution in [0.5, 0.6) is 0 Å². The zero-order valence-corrected chi connectivity index (χ0v) is 11.2. The van der Waals surface area contributed by atoms with Crippen LogP contribution >= 0.6 is 0 Å². The van der Waals surface area contributed by atoms with Crippen LogP contribution in [0.2, 0.25) is 0 Å². The van der Waals surface area contributed by atoms with Crippen LogP contribution in [0.4, 0.5) is 0 Å². The van der Waals surface area contributed by atoms with Crippen molar-refractivity contribution in [3.8, 4) is 0 Å². The maximum absolute atomic E-state index is 12.3. The van der Waals surface area contributed by atoms with Gasteiger partial charge in [0.2, 0.25) is 5.91 Å². The molecule has 2 aliphatic rings. The van der Waals surface area contributed by atoms with Crippen LogP contribution in [0.25, 0.3) is 0 Å². The van der Waals surface area contributed by atoms with E-state index in [0.717, 1.165) is 39.2 Å². The molecule has 2 rings (SSSR count). The minimum Gasteiger partial charge on any atom is -0.384 e. The summed E-state index contributed by atoms with van der Waals surface area (Å²) in [6.07, 6.45) is 0.991. The molecule has 2 aliphatic heterocycles. The largest absolute Gasteiger partial charge is 0.384 e. The molecule has 0 radical (unpaired) electrons. The van der Waals surface area contributed by atoms with Crippen molar-refractivity contribution >= 4 is 5.91 Å². The number of carbonyl (C=O) groups excluding carboxylic acids is 1. The Kier molecular flexibility index (Phi) is 3.73. The van der Waals surface area contributed by atoms with Gasteiger partial charge in [-0.15, -0.1) is 0 Å². The maximum Gasteiger partial charge on any atom is 0.227 e. The molecule has 2 fully saturated rings.